The highest BCUT2D eigenvalue weighted by molar-refractivity contribution is 5.08. The number of pyridine rings is 1. The first-order valence-electron chi connectivity index (χ1n) is 5.77. The summed E-state index contributed by atoms with van der Waals surface area (Å²) in [6.45, 7) is 9.56. The third-order valence-corrected chi connectivity index (χ3v) is 2.34. The van der Waals surface area contributed by atoms with Crippen LogP contribution in [0, 0.1) is 0 Å². The monoisotopic (exact) mass is 207 g/mol. The summed E-state index contributed by atoms with van der Waals surface area (Å²) in [7, 11) is 0. The Labute approximate surface area is 92.5 Å². The van der Waals surface area contributed by atoms with E-state index in [1.165, 1.54) is 5.56 Å². The predicted molar refractivity (Wildman–Crippen MR) is 63.7 cm³/mol. The standard InChI is InChI=1S/C10H15N3.C2H6/c1-2-10(8-12-3-1)9-13-6-4-11-5-7-13;1-2/h1-3,8,11H,4-7,9H2;1-2H3. The first kappa shape index (κ1) is 12.1. The van der Waals surface area contributed by atoms with Gasteiger partial charge in [0.1, 0.15) is 0 Å². The van der Waals surface area contributed by atoms with Crippen molar-refractivity contribution in [2.75, 3.05) is 26.2 Å². The van der Waals surface area contributed by atoms with E-state index in [0.717, 1.165) is 32.7 Å². The fourth-order valence-electron chi connectivity index (χ4n) is 1.62. The lowest BCUT2D eigenvalue weighted by molar-refractivity contribution is 0.233. The molecule has 1 N–H and O–H groups in total. The molecule has 0 radical (unpaired) electrons. The average molecular weight is 207 g/mol. The van der Waals surface area contributed by atoms with Crippen LogP contribution in [0.2, 0.25) is 0 Å². The van der Waals surface area contributed by atoms with E-state index in [4.69, 9.17) is 0 Å². The van der Waals surface area contributed by atoms with Crippen molar-refractivity contribution >= 4 is 0 Å². The Morgan fingerprint density at radius 3 is 2.67 bits per heavy atom. The van der Waals surface area contributed by atoms with Crippen molar-refractivity contribution in [1.82, 2.24) is 15.2 Å². The molecular formula is C12H21N3. The molecule has 1 aliphatic rings. The lowest BCUT2D eigenvalue weighted by Gasteiger charge is -2.26. The van der Waals surface area contributed by atoms with Gasteiger partial charge in [-0.1, -0.05) is 19.9 Å². The Bertz CT molecular complexity index is 242. The number of rotatable bonds is 2. The first-order chi connectivity index (χ1) is 7.45. The van der Waals surface area contributed by atoms with Crippen molar-refractivity contribution in [3.05, 3.63) is 30.1 Å². The highest BCUT2D eigenvalue weighted by Crippen LogP contribution is 2.02. The van der Waals surface area contributed by atoms with Gasteiger partial charge in [0.2, 0.25) is 0 Å². The van der Waals surface area contributed by atoms with Crippen molar-refractivity contribution in [3.63, 3.8) is 0 Å². The second kappa shape index (κ2) is 7.37. The summed E-state index contributed by atoms with van der Waals surface area (Å²) >= 11 is 0. The molecule has 1 fully saturated rings. The zero-order valence-electron chi connectivity index (χ0n) is 9.74. The minimum Gasteiger partial charge on any atom is -0.314 e. The van der Waals surface area contributed by atoms with Gasteiger partial charge in [0.15, 0.2) is 0 Å². The maximum absolute atomic E-state index is 4.11. The van der Waals surface area contributed by atoms with Crippen LogP contribution >= 0.6 is 0 Å². The molecular weight excluding hydrogens is 186 g/mol. The van der Waals surface area contributed by atoms with Crippen LogP contribution < -0.4 is 5.32 Å². The van der Waals surface area contributed by atoms with Crippen LogP contribution in [0.3, 0.4) is 0 Å². The molecule has 3 heteroatoms. The van der Waals surface area contributed by atoms with Gasteiger partial charge in [-0.3, -0.25) is 9.88 Å². The molecule has 0 bridgehead atoms. The van der Waals surface area contributed by atoms with Crippen molar-refractivity contribution in [1.29, 1.82) is 0 Å². The second-order valence-electron chi connectivity index (χ2n) is 3.39. The summed E-state index contributed by atoms with van der Waals surface area (Å²) in [4.78, 5) is 6.56. The van der Waals surface area contributed by atoms with Crippen LogP contribution in [0.25, 0.3) is 0 Å². The number of aromatic nitrogens is 1. The minimum atomic E-state index is 1.04. The van der Waals surface area contributed by atoms with Crippen molar-refractivity contribution in [3.8, 4) is 0 Å². The van der Waals surface area contributed by atoms with Crippen molar-refractivity contribution in [2.24, 2.45) is 0 Å². The zero-order valence-corrected chi connectivity index (χ0v) is 9.74. The lowest BCUT2D eigenvalue weighted by atomic mass is 10.2. The number of nitrogens with zero attached hydrogens (tertiary/aromatic N) is 2. The Morgan fingerprint density at radius 2 is 2.07 bits per heavy atom. The van der Waals surface area contributed by atoms with Gasteiger partial charge in [0, 0.05) is 45.1 Å². The fraction of sp³-hybridized carbons (Fsp3) is 0.583. The van der Waals surface area contributed by atoms with Crippen LogP contribution in [-0.2, 0) is 6.54 Å². The highest BCUT2D eigenvalue weighted by Gasteiger charge is 2.08. The van der Waals surface area contributed by atoms with E-state index in [1.807, 2.05) is 32.3 Å². The van der Waals surface area contributed by atoms with Crippen molar-refractivity contribution < 1.29 is 0 Å². The van der Waals surface area contributed by atoms with E-state index < -0.39 is 0 Å². The number of nitrogens with one attached hydrogen (secondary N) is 1. The fourth-order valence-corrected chi connectivity index (χ4v) is 1.62. The normalized spacial score (nSPS) is 16.7. The summed E-state index contributed by atoms with van der Waals surface area (Å²) in [5.74, 6) is 0. The molecule has 3 nitrogen and oxygen atoms in total. The van der Waals surface area contributed by atoms with Crippen LogP contribution in [0.15, 0.2) is 24.5 Å². The summed E-state index contributed by atoms with van der Waals surface area (Å²) < 4.78 is 0. The van der Waals surface area contributed by atoms with Gasteiger partial charge in [0.25, 0.3) is 0 Å². The number of hydrogen-bond acceptors (Lipinski definition) is 3. The molecule has 0 aliphatic carbocycles. The number of hydrogen-bond donors (Lipinski definition) is 1. The molecule has 15 heavy (non-hydrogen) atoms. The SMILES string of the molecule is CC.c1cncc(CN2CCNCC2)c1. The molecule has 0 aromatic carbocycles. The van der Waals surface area contributed by atoms with Gasteiger partial charge in [-0.05, 0) is 11.6 Å². The summed E-state index contributed by atoms with van der Waals surface area (Å²) in [5, 5.41) is 3.34. The predicted octanol–water partition coefficient (Wildman–Crippen LogP) is 1.51. The van der Waals surface area contributed by atoms with Gasteiger partial charge in [0.05, 0.1) is 0 Å². The van der Waals surface area contributed by atoms with E-state index in [0.29, 0.717) is 0 Å². The van der Waals surface area contributed by atoms with Crippen LogP contribution in [0.4, 0.5) is 0 Å². The van der Waals surface area contributed by atoms with Gasteiger partial charge in [-0.2, -0.15) is 0 Å². The minimum absolute atomic E-state index is 1.04. The summed E-state index contributed by atoms with van der Waals surface area (Å²) in [6.07, 6.45) is 3.77. The van der Waals surface area contributed by atoms with Crippen molar-refractivity contribution in [2.45, 2.75) is 20.4 Å². The zero-order chi connectivity index (χ0) is 10.9. The molecule has 1 aliphatic heterocycles. The summed E-state index contributed by atoms with van der Waals surface area (Å²) in [6, 6.07) is 4.13. The summed E-state index contributed by atoms with van der Waals surface area (Å²) in [5.41, 5.74) is 1.31. The topological polar surface area (TPSA) is 28.2 Å². The smallest absolute Gasteiger partial charge is 0.0312 e. The highest BCUT2D eigenvalue weighted by atomic mass is 15.2. The van der Waals surface area contributed by atoms with Gasteiger partial charge in [-0.25, -0.2) is 0 Å². The maximum atomic E-state index is 4.11. The molecule has 0 spiro atoms. The van der Waals surface area contributed by atoms with Gasteiger partial charge >= 0.3 is 0 Å². The Balaban J connectivity index is 0.000000531. The van der Waals surface area contributed by atoms with E-state index in [2.05, 4.69) is 21.3 Å². The third-order valence-electron chi connectivity index (χ3n) is 2.34. The first-order valence-corrected chi connectivity index (χ1v) is 5.77. The van der Waals surface area contributed by atoms with Crippen LogP contribution in [-0.4, -0.2) is 36.1 Å². The molecule has 0 unspecified atom stereocenters. The van der Waals surface area contributed by atoms with Gasteiger partial charge in [-0.15, -0.1) is 0 Å². The Hall–Kier alpha value is -0.930. The second-order valence-corrected chi connectivity index (χ2v) is 3.39. The largest absolute Gasteiger partial charge is 0.314 e. The Morgan fingerprint density at radius 1 is 1.33 bits per heavy atom. The molecule has 84 valence electrons. The third kappa shape index (κ3) is 4.40. The van der Waals surface area contributed by atoms with E-state index in [1.54, 1.807) is 0 Å². The average Bonchev–Trinajstić information content (AvgIpc) is 2.34. The molecule has 1 aromatic heterocycles. The van der Waals surface area contributed by atoms with E-state index in [9.17, 15) is 0 Å². The van der Waals surface area contributed by atoms with E-state index >= 15 is 0 Å². The molecule has 0 saturated carbocycles. The van der Waals surface area contributed by atoms with E-state index in [-0.39, 0.29) is 0 Å². The molecule has 1 aromatic rings. The molecule has 0 atom stereocenters. The quantitative estimate of drug-likeness (QED) is 0.797. The maximum Gasteiger partial charge on any atom is 0.0312 e. The van der Waals surface area contributed by atoms with Crippen LogP contribution in [0.5, 0.6) is 0 Å². The van der Waals surface area contributed by atoms with Gasteiger partial charge < -0.3 is 5.32 Å². The lowest BCUT2D eigenvalue weighted by Crippen LogP contribution is -2.42. The van der Waals surface area contributed by atoms with Crippen LogP contribution in [0.1, 0.15) is 19.4 Å². The Kier molecular flexibility index (Phi) is 5.97. The molecule has 1 saturated heterocycles. The molecule has 0 amide bonds. The molecule has 2 rings (SSSR count). The molecule has 2 heterocycles. The number of piperazine rings is 1.